The first kappa shape index (κ1) is 14.0. The van der Waals surface area contributed by atoms with Crippen molar-refractivity contribution in [1.29, 1.82) is 0 Å². The summed E-state index contributed by atoms with van der Waals surface area (Å²) in [4.78, 5) is 0. The molecule has 0 saturated heterocycles. The van der Waals surface area contributed by atoms with Gasteiger partial charge < -0.3 is 11.6 Å². The van der Waals surface area contributed by atoms with Crippen LogP contribution < -0.4 is 11.6 Å². The number of hydrazone groups is 1. The highest BCUT2D eigenvalue weighted by molar-refractivity contribution is 6.09. The SMILES string of the molecule is C=CC(=N/N)/C(/C=C\C)=C\N.CC. The van der Waals surface area contributed by atoms with Crippen LogP contribution in [-0.4, -0.2) is 5.71 Å². The van der Waals surface area contributed by atoms with Gasteiger partial charge in [0, 0.05) is 11.8 Å². The third-order valence-corrected chi connectivity index (χ3v) is 1.15. The Labute approximate surface area is 80.5 Å². The van der Waals surface area contributed by atoms with Gasteiger partial charge in [-0.2, -0.15) is 5.10 Å². The Morgan fingerprint density at radius 3 is 2.15 bits per heavy atom. The Morgan fingerprint density at radius 1 is 1.38 bits per heavy atom. The van der Waals surface area contributed by atoms with Crippen LogP contribution in [0.25, 0.3) is 0 Å². The summed E-state index contributed by atoms with van der Waals surface area (Å²) in [5, 5.41) is 3.50. The van der Waals surface area contributed by atoms with E-state index in [9.17, 15) is 0 Å². The molecule has 0 aliphatic rings. The van der Waals surface area contributed by atoms with Gasteiger partial charge in [0.05, 0.1) is 5.71 Å². The van der Waals surface area contributed by atoms with Crippen molar-refractivity contribution in [3.8, 4) is 0 Å². The molecule has 0 rings (SSSR count). The van der Waals surface area contributed by atoms with Gasteiger partial charge in [-0.25, -0.2) is 0 Å². The summed E-state index contributed by atoms with van der Waals surface area (Å²) in [6.45, 7) is 9.43. The summed E-state index contributed by atoms with van der Waals surface area (Å²) >= 11 is 0. The number of rotatable bonds is 3. The molecule has 13 heavy (non-hydrogen) atoms. The van der Waals surface area contributed by atoms with Gasteiger partial charge in [-0.15, -0.1) is 0 Å². The summed E-state index contributed by atoms with van der Waals surface area (Å²) in [5.74, 6) is 5.08. The molecular weight excluding hydrogens is 162 g/mol. The summed E-state index contributed by atoms with van der Waals surface area (Å²) < 4.78 is 0. The van der Waals surface area contributed by atoms with E-state index in [1.165, 1.54) is 6.20 Å². The Balaban J connectivity index is 0. The molecule has 0 heterocycles. The molecule has 0 bridgehead atoms. The molecule has 74 valence electrons. The normalized spacial score (nSPS) is 12.2. The molecule has 4 N–H and O–H groups in total. The van der Waals surface area contributed by atoms with Crippen LogP contribution >= 0.6 is 0 Å². The van der Waals surface area contributed by atoms with E-state index in [0.717, 1.165) is 5.57 Å². The van der Waals surface area contributed by atoms with E-state index >= 15 is 0 Å². The molecule has 0 aliphatic carbocycles. The minimum atomic E-state index is 0.589. The van der Waals surface area contributed by atoms with Crippen LogP contribution in [0.2, 0.25) is 0 Å². The monoisotopic (exact) mass is 181 g/mol. The van der Waals surface area contributed by atoms with Gasteiger partial charge in [0.1, 0.15) is 0 Å². The third kappa shape index (κ3) is 5.73. The predicted molar refractivity (Wildman–Crippen MR) is 60.3 cm³/mol. The highest BCUT2D eigenvalue weighted by Crippen LogP contribution is 1.98. The van der Waals surface area contributed by atoms with E-state index < -0.39 is 0 Å². The fourth-order valence-electron chi connectivity index (χ4n) is 0.651. The molecule has 0 aromatic rings. The van der Waals surface area contributed by atoms with Crippen molar-refractivity contribution in [2.24, 2.45) is 16.7 Å². The topological polar surface area (TPSA) is 64.4 Å². The molecule has 0 amide bonds. The van der Waals surface area contributed by atoms with Crippen LogP contribution in [0.1, 0.15) is 20.8 Å². The lowest BCUT2D eigenvalue weighted by atomic mass is 10.1. The summed E-state index contributed by atoms with van der Waals surface area (Å²) in [5.41, 5.74) is 6.67. The lowest BCUT2D eigenvalue weighted by Gasteiger charge is -1.97. The van der Waals surface area contributed by atoms with E-state index in [2.05, 4.69) is 11.7 Å². The van der Waals surface area contributed by atoms with E-state index in [4.69, 9.17) is 11.6 Å². The Kier molecular flexibility index (Phi) is 11.3. The maximum absolute atomic E-state index is 5.31. The molecule has 0 fully saturated rings. The zero-order chi connectivity index (χ0) is 10.7. The average Bonchev–Trinajstić information content (AvgIpc) is 2.21. The van der Waals surface area contributed by atoms with Gasteiger partial charge in [-0.1, -0.05) is 32.6 Å². The molecule has 0 aliphatic heterocycles. The fraction of sp³-hybridized carbons (Fsp3) is 0.300. The Bertz CT molecular complexity index is 212. The van der Waals surface area contributed by atoms with E-state index in [0.29, 0.717) is 5.71 Å². The molecule has 0 saturated carbocycles. The molecular formula is C10H19N3. The van der Waals surface area contributed by atoms with Crippen LogP contribution in [0.3, 0.4) is 0 Å². The Morgan fingerprint density at radius 2 is 1.92 bits per heavy atom. The van der Waals surface area contributed by atoms with Crippen molar-refractivity contribution >= 4 is 5.71 Å². The van der Waals surface area contributed by atoms with Crippen molar-refractivity contribution in [3.63, 3.8) is 0 Å². The molecule has 3 heteroatoms. The van der Waals surface area contributed by atoms with Gasteiger partial charge >= 0.3 is 0 Å². The van der Waals surface area contributed by atoms with Crippen molar-refractivity contribution in [3.05, 3.63) is 36.6 Å². The first-order valence-electron chi connectivity index (χ1n) is 4.25. The van der Waals surface area contributed by atoms with Crippen LogP contribution in [0.4, 0.5) is 0 Å². The van der Waals surface area contributed by atoms with Crippen LogP contribution in [0.15, 0.2) is 41.7 Å². The highest BCUT2D eigenvalue weighted by Gasteiger charge is 1.95. The Hall–Kier alpha value is -1.51. The smallest absolute Gasteiger partial charge is 0.0907 e. The number of nitrogens with two attached hydrogens (primary N) is 2. The first-order chi connectivity index (χ1) is 6.29. The fourth-order valence-corrected chi connectivity index (χ4v) is 0.651. The van der Waals surface area contributed by atoms with Gasteiger partial charge in [-0.3, -0.25) is 0 Å². The summed E-state index contributed by atoms with van der Waals surface area (Å²) in [7, 11) is 0. The van der Waals surface area contributed by atoms with E-state index in [1.807, 2.05) is 32.9 Å². The number of nitrogens with zero attached hydrogens (tertiary/aromatic N) is 1. The molecule has 0 atom stereocenters. The predicted octanol–water partition coefficient (Wildman–Crippen LogP) is 1.93. The van der Waals surface area contributed by atoms with E-state index in [1.54, 1.807) is 6.08 Å². The second kappa shape index (κ2) is 10.5. The van der Waals surface area contributed by atoms with Gasteiger partial charge in [-0.05, 0) is 13.0 Å². The number of allylic oxidation sites excluding steroid dienone is 4. The lowest BCUT2D eigenvalue weighted by molar-refractivity contribution is 1.25. The van der Waals surface area contributed by atoms with E-state index in [-0.39, 0.29) is 0 Å². The zero-order valence-corrected chi connectivity index (χ0v) is 8.62. The maximum Gasteiger partial charge on any atom is 0.0907 e. The third-order valence-electron chi connectivity index (χ3n) is 1.15. The largest absolute Gasteiger partial charge is 0.404 e. The average molecular weight is 181 g/mol. The van der Waals surface area contributed by atoms with Crippen molar-refractivity contribution in [1.82, 2.24) is 0 Å². The quantitative estimate of drug-likeness (QED) is 0.302. The summed E-state index contributed by atoms with van der Waals surface area (Å²) in [6.07, 6.45) is 6.66. The standard InChI is InChI=1S/C8H13N3.C2H6/c1-3-5-7(6-9)8(4-2)11-10;1-2/h3-6H,2,9-10H2,1H3;1-2H3/b5-3-,7-6-,11-8-;. The minimum absolute atomic E-state index is 0.589. The molecule has 0 aromatic carbocycles. The number of hydrogen-bond donors (Lipinski definition) is 2. The van der Waals surface area contributed by atoms with Crippen molar-refractivity contribution < 1.29 is 0 Å². The van der Waals surface area contributed by atoms with Crippen LogP contribution in [-0.2, 0) is 0 Å². The van der Waals surface area contributed by atoms with Gasteiger partial charge in [0.15, 0.2) is 0 Å². The van der Waals surface area contributed by atoms with Crippen LogP contribution in [0.5, 0.6) is 0 Å². The second-order valence-electron chi connectivity index (χ2n) is 1.84. The van der Waals surface area contributed by atoms with Gasteiger partial charge in [0.2, 0.25) is 0 Å². The maximum atomic E-state index is 5.31. The minimum Gasteiger partial charge on any atom is -0.404 e. The number of hydrogen-bond acceptors (Lipinski definition) is 3. The zero-order valence-electron chi connectivity index (χ0n) is 8.62. The lowest BCUT2D eigenvalue weighted by Crippen LogP contribution is -2.02. The van der Waals surface area contributed by atoms with Crippen molar-refractivity contribution in [2.75, 3.05) is 0 Å². The molecule has 0 aromatic heterocycles. The first-order valence-corrected chi connectivity index (χ1v) is 4.25. The van der Waals surface area contributed by atoms with Gasteiger partial charge in [0.25, 0.3) is 0 Å². The molecule has 3 nitrogen and oxygen atoms in total. The molecule has 0 unspecified atom stereocenters. The summed E-state index contributed by atoms with van der Waals surface area (Å²) in [6, 6.07) is 0. The van der Waals surface area contributed by atoms with Crippen LogP contribution in [0, 0.1) is 0 Å². The highest BCUT2D eigenvalue weighted by atomic mass is 15.1. The van der Waals surface area contributed by atoms with Crippen molar-refractivity contribution in [2.45, 2.75) is 20.8 Å². The molecule has 0 radical (unpaired) electrons. The second-order valence-corrected chi connectivity index (χ2v) is 1.84. The molecule has 0 spiro atoms.